The Labute approximate surface area is 228 Å². The van der Waals surface area contributed by atoms with Gasteiger partial charge in [0, 0.05) is 31.1 Å². The quantitative estimate of drug-likeness (QED) is 0.249. The van der Waals surface area contributed by atoms with Gasteiger partial charge in [0.05, 0.1) is 12.0 Å². The third-order valence-electron chi connectivity index (χ3n) is 6.46. The fourth-order valence-corrected chi connectivity index (χ4v) is 4.01. The van der Waals surface area contributed by atoms with E-state index in [4.69, 9.17) is 9.47 Å². The first-order chi connectivity index (χ1) is 18.7. The smallest absolute Gasteiger partial charge is 0.311 e. The van der Waals surface area contributed by atoms with E-state index in [-0.39, 0.29) is 42.3 Å². The molecular weight excluding hydrogens is 498 g/mol. The van der Waals surface area contributed by atoms with E-state index in [0.717, 1.165) is 23.1 Å². The second kappa shape index (κ2) is 13.9. The molecule has 2 atom stereocenters. The van der Waals surface area contributed by atoms with Crippen LogP contribution in [0.25, 0.3) is 0 Å². The summed E-state index contributed by atoms with van der Waals surface area (Å²) in [6.07, 6.45) is 1.08. The fourth-order valence-electron chi connectivity index (χ4n) is 4.01. The van der Waals surface area contributed by atoms with Crippen molar-refractivity contribution < 1.29 is 24.0 Å². The van der Waals surface area contributed by atoms with Crippen LogP contribution < -0.4 is 14.8 Å². The normalized spacial score (nSPS) is 12.2. The number of nitrogens with one attached hydrogen (secondary N) is 1. The summed E-state index contributed by atoms with van der Waals surface area (Å²) in [7, 11) is 1.32. The average Bonchev–Trinajstić information content (AvgIpc) is 2.94. The minimum atomic E-state index is -0.787. The van der Waals surface area contributed by atoms with Crippen molar-refractivity contribution >= 4 is 17.5 Å². The summed E-state index contributed by atoms with van der Waals surface area (Å²) in [6.45, 7) is 5.73. The number of nitrogens with zero attached hydrogens (tertiary/aromatic N) is 2. The maximum Gasteiger partial charge on any atom is 0.311 e. The van der Waals surface area contributed by atoms with Crippen LogP contribution >= 0.6 is 0 Å². The van der Waals surface area contributed by atoms with Gasteiger partial charge in [-0.1, -0.05) is 67.1 Å². The zero-order valence-electron chi connectivity index (χ0n) is 22.8. The number of hydrogen-bond donors (Lipinski definition) is 1. The zero-order valence-corrected chi connectivity index (χ0v) is 22.8. The van der Waals surface area contributed by atoms with Crippen molar-refractivity contribution in [3.63, 3.8) is 0 Å². The number of methoxy groups -OCH3 is 1. The first kappa shape index (κ1) is 29.2. The molecule has 0 heterocycles. The van der Waals surface area contributed by atoms with Gasteiger partial charge in [0.1, 0.15) is 11.8 Å². The van der Waals surface area contributed by atoms with Gasteiger partial charge in [-0.2, -0.15) is 0 Å². The monoisotopic (exact) mass is 533 g/mol. The molecule has 3 aromatic carbocycles. The van der Waals surface area contributed by atoms with Crippen LogP contribution in [0.1, 0.15) is 37.0 Å². The fraction of sp³-hybridized carbons (Fsp3) is 0.333. The highest BCUT2D eigenvalue weighted by Crippen LogP contribution is 2.30. The van der Waals surface area contributed by atoms with E-state index in [9.17, 15) is 19.7 Å². The Balaban J connectivity index is 1.91. The lowest BCUT2D eigenvalue weighted by molar-refractivity contribution is -0.385. The van der Waals surface area contributed by atoms with Gasteiger partial charge in [-0.15, -0.1) is 0 Å². The van der Waals surface area contributed by atoms with Crippen molar-refractivity contribution in [2.24, 2.45) is 0 Å². The van der Waals surface area contributed by atoms with Crippen molar-refractivity contribution in [2.45, 2.75) is 52.2 Å². The Morgan fingerprint density at radius 2 is 1.72 bits per heavy atom. The molecule has 0 saturated heterocycles. The average molecular weight is 534 g/mol. The molecule has 0 aromatic heterocycles. The maximum atomic E-state index is 13.7. The van der Waals surface area contributed by atoms with E-state index >= 15 is 0 Å². The third kappa shape index (κ3) is 8.29. The van der Waals surface area contributed by atoms with Gasteiger partial charge in [0.2, 0.25) is 11.7 Å². The molecule has 2 amide bonds. The van der Waals surface area contributed by atoms with Gasteiger partial charge in [-0.05, 0) is 37.5 Å². The van der Waals surface area contributed by atoms with Gasteiger partial charge in [0.15, 0.2) is 6.61 Å². The number of ether oxygens (including phenoxy) is 2. The highest BCUT2D eigenvalue weighted by atomic mass is 16.6. The highest BCUT2D eigenvalue weighted by molar-refractivity contribution is 5.88. The van der Waals surface area contributed by atoms with Crippen molar-refractivity contribution in [1.82, 2.24) is 10.2 Å². The molecule has 9 nitrogen and oxygen atoms in total. The molecule has 2 unspecified atom stereocenters. The Morgan fingerprint density at radius 3 is 2.33 bits per heavy atom. The van der Waals surface area contributed by atoms with E-state index in [1.165, 1.54) is 30.2 Å². The number of rotatable bonds is 13. The van der Waals surface area contributed by atoms with Gasteiger partial charge >= 0.3 is 5.69 Å². The van der Waals surface area contributed by atoms with Crippen molar-refractivity contribution in [2.75, 3.05) is 13.7 Å². The first-order valence-corrected chi connectivity index (χ1v) is 12.9. The molecule has 206 valence electrons. The first-order valence-electron chi connectivity index (χ1n) is 12.9. The van der Waals surface area contributed by atoms with Gasteiger partial charge in [-0.25, -0.2) is 0 Å². The SMILES string of the molecule is CCC(C)NC(=O)C(Cc1ccccc1)N(Cc1ccc(C)cc1)C(=O)COc1ccc([N+](=O)[O-])c(OC)c1. The summed E-state index contributed by atoms with van der Waals surface area (Å²) in [5, 5.41) is 14.2. The largest absolute Gasteiger partial charge is 0.490 e. The number of carbonyl (C=O) groups is 2. The van der Waals surface area contributed by atoms with Crippen LogP contribution in [0.5, 0.6) is 11.5 Å². The second-order valence-electron chi connectivity index (χ2n) is 9.41. The number of hydrogen-bond acceptors (Lipinski definition) is 6. The standard InChI is InChI=1S/C30H35N3O6/c1-5-22(3)31-30(35)27(17-23-9-7-6-8-10-23)32(19-24-13-11-21(2)12-14-24)29(34)20-39-25-15-16-26(33(36)37)28(18-25)38-4/h6-16,18,22,27H,5,17,19-20H2,1-4H3,(H,31,35). The molecule has 0 saturated carbocycles. The van der Waals surface area contributed by atoms with Crippen LogP contribution in [0.2, 0.25) is 0 Å². The molecular formula is C30H35N3O6. The molecule has 3 rings (SSSR count). The predicted molar refractivity (Wildman–Crippen MR) is 149 cm³/mol. The zero-order chi connectivity index (χ0) is 28.4. The van der Waals surface area contributed by atoms with Crippen molar-refractivity contribution in [1.29, 1.82) is 0 Å². The van der Waals surface area contributed by atoms with Crippen LogP contribution in [0.15, 0.2) is 72.8 Å². The summed E-state index contributed by atoms with van der Waals surface area (Å²) in [5.41, 5.74) is 2.68. The van der Waals surface area contributed by atoms with Crippen LogP contribution in [0.4, 0.5) is 5.69 Å². The predicted octanol–water partition coefficient (Wildman–Crippen LogP) is 4.85. The molecule has 39 heavy (non-hydrogen) atoms. The Kier molecular flexibility index (Phi) is 10.4. The van der Waals surface area contributed by atoms with E-state index < -0.39 is 16.9 Å². The van der Waals surface area contributed by atoms with Crippen LogP contribution in [-0.2, 0) is 22.6 Å². The maximum absolute atomic E-state index is 13.7. The minimum absolute atomic E-state index is 0.0244. The number of carbonyl (C=O) groups excluding carboxylic acids is 2. The summed E-state index contributed by atoms with van der Waals surface area (Å²) >= 11 is 0. The summed E-state index contributed by atoms with van der Waals surface area (Å²) < 4.78 is 10.8. The number of nitro groups is 1. The molecule has 9 heteroatoms. The number of nitro benzene ring substituents is 1. The lowest BCUT2D eigenvalue weighted by Gasteiger charge is -2.32. The van der Waals surface area contributed by atoms with Crippen molar-refractivity contribution in [3.8, 4) is 11.5 Å². The molecule has 0 aliphatic heterocycles. The van der Waals surface area contributed by atoms with E-state index in [1.54, 1.807) is 0 Å². The Morgan fingerprint density at radius 1 is 1.03 bits per heavy atom. The third-order valence-corrected chi connectivity index (χ3v) is 6.46. The Bertz CT molecular complexity index is 1260. The van der Waals surface area contributed by atoms with E-state index in [1.807, 2.05) is 75.4 Å². The van der Waals surface area contributed by atoms with Gasteiger partial charge in [0.25, 0.3) is 5.91 Å². The molecule has 0 bridgehead atoms. The van der Waals surface area contributed by atoms with Crippen molar-refractivity contribution in [3.05, 3.63) is 99.6 Å². The molecule has 0 fully saturated rings. The van der Waals surface area contributed by atoms with Gasteiger partial charge in [-0.3, -0.25) is 19.7 Å². The van der Waals surface area contributed by atoms with Crippen LogP contribution in [0, 0.1) is 17.0 Å². The number of aryl methyl sites for hydroxylation is 1. The lowest BCUT2D eigenvalue weighted by Crippen LogP contribution is -2.53. The second-order valence-corrected chi connectivity index (χ2v) is 9.41. The van der Waals surface area contributed by atoms with E-state index in [0.29, 0.717) is 6.42 Å². The summed E-state index contributed by atoms with van der Waals surface area (Å²) in [6, 6.07) is 20.5. The summed E-state index contributed by atoms with van der Waals surface area (Å²) in [5.74, 6) is -0.375. The molecule has 3 aromatic rings. The number of amides is 2. The Hall–Kier alpha value is -4.40. The minimum Gasteiger partial charge on any atom is -0.490 e. The molecule has 0 spiro atoms. The molecule has 0 aliphatic rings. The van der Waals surface area contributed by atoms with Crippen LogP contribution in [-0.4, -0.2) is 47.4 Å². The lowest BCUT2D eigenvalue weighted by atomic mass is 10.0. The number of benzene rings is 3. The molecule has 1 N–H and O–H groups in total. The molecule has 0 aliphatic carbocycles. The molecule has 0 radical (unpaired) electrons. The topological polar surface area (TPSA) is 111 Å². The summed E-state index contributed by atoms with van der Waals surface area (Å²) in [4.78, 5) is 39.4. The van der Waals surface area contributed by atoms with E-state index in [2.05, 4.69) is 5.32 Å². The van der Waals surface area contributed by atoms with Crippen LogP contribution in [0.3, 0.4) is 0 Å². The van der Waals surface area contributed by atoms with Gasteiger partial charge < -0.3 is 19.7 Å². The highest BCUT2D eigenvalue weighted by Gasteiger charge is 2.31.